The summed E-state index contributed by atoms with van der Waals surface area (Å²) in [6.45, 7) is 48.8. The first-order valence-electron chi connectivity index (χ1n) is 17.3. The van der Waals surface area contributed by atoms with Crippen LogP contribution in [0.4, 0.5) is 0 Å². The van der Waals surface area contributed by atoms with Crippen molar-refractivity contribution in [3.8, 4) is 11.8 Å². The smallest absolute Gasteiger partial charge is 0.346 e. The van der Waals surface area contributed by atoms with Gasteiger partial charge < -0.3 is 13.8 Å². The summed E-state index contributed by atoms with van der Waals surface area (Å²) in [7, 11) is 0. The van der Waals surface area contributed by atoms with Crippen molar-refractivity contribution in [1.82, 2.24) is 0 Å². The van der Waals surface area contributed by atoms with Gasteiger partial charge in [0, 0.05) is 11.8 Å². The van der Waals surface area contributed by atoms with Crippen LogP contribution in [0.15, 0.2) is 30.3 Å². The van der Waals surface area contributed by atoms with Crippen molar-refractivity contribution in [2.75, 3.05) is 0 Å². The summed E-state index contributed by atoms with van der Waals surface area (Å²) >= 11 is 0. The minimum Gasteiger partial charge on any atom is -0.346 e. The zero-order valence-electron chi connectivity index (χ0n) is 33.1. The van der Waals surface area contributed by atoms with Gasteiger partial charge in [-0.3, -0.25) is 0 Å². The first-order chi connectivity index (χ1) is 19.2. The van der Waals surface area contributed by atoms with Crippen molar-refractivity contribution < 1.29 is 21.1 Å². The van der Waals surface area contributed by atoms with Crippen LogP contribution in [-0.2, 0) is 21.1 Å². The third-order valence-electron chi connectivity index (χ3n) is 4.98. The molecule has 2 unspecified atom stereocenters. The molecular formula is C42H82W. The molecule has 0 nitrogen and oxygen atoms in total. The molecule has 2 rings (SSSR count). The Hall–Kier alpha value is -0.532. The molecule has 1 aromatic carbocycles. The molecular weight excluding hydrogens is 688 g/mol. The standard InChI is InChI=1S/C9H18.C9H12.C8H14.3C4H10.C4H8.W/c1-6(2)8-5-9(8)7(3)4;1-8(2)9-6-4-3-5-7-9;1-7(2)5-6-8(3)4;3*1-4(2)3;1-3-4-2;/h6-9H,5H2,1-4H3;3-8H,1-2H3;7-8H,1-4H3;3*4H,1-3H3;1-4H2;/q;;;;;;-2;+2. The van der Waals surface area contributed by atoms with E-state index in [0.717, 1.165) is 54.3 Å². The maximum absolute atomic E-state index is 3.54. The van der Waals surface area contributed by atoms with E-state index in [1.165, 1.54) is 12.0 Å². The summed E-state index contributed by atoms with van der Waals surface area (Å²) in [5.74, 6) is 14.4. The Labute approximate surface area is 291 Å². The van der Waals surface area contributed by atoms with Gasteiger partial charge in [-0.15, -0.1) is 11.8 Å². The largest absolute Gasteiger partial charge is 2.00 e. The van der Waals surface area contributed by atoms with Crippen LogP contribution < -0.4 is 0 Å². The van der Waals surface area contributed by atoms with Gasteiger partial charge in [0.1, 0.15) is 0 Å². The maximum atomic E-state index is 3.54. The van der Waals surface area contributed by atoms with E-state index in [4.69, 9.17) is 0 Å². The number of rotatable bonds is 4. The molecule has 0 bridgehead atoms. The van der Waals surface area contributed by atoms with E-state index < -0.39 is 0 Å². The Morgan fingerprint density at radius 3 is 0.907 bits per heavy atom. The monoisotopic (exact) mass is 771 g/mol. The molecule has 0 heterocycles. The van der Waals surface area contributed by atoms with Crippen molar-refractivity contribution in [3.05, 3.63) is 49.7 Å². The van der Waals surface area contributed by atoms with Crippen molar-refractivity contribution in [1.29, 1.82) is 0 Å². The molecule has 0 saturated heterocycles. The van der Waals surface area contributed by atoms with Crippen LogP contribution in [0.3, 0.4) is 0 Å². The molecule has 1 heteroatoms. The van der Waals surface area contributed by atoms with Gasteiger partial charge in [0.15, 0.2) is 0 Å². The van der Waals surface area contributed by atoms with Gasteiger partial charge in [0.05, 0.1) is 0 Å². The van der Waals surface area contributed by atoms with Gasteiger partial charge in [0.25, 0.3) is 0 Å². The van der Waals surface area contributed by atoms with Crippen LogP contribution in [0.2, 0.25) is 0 Å². The van der Waals surface area contributed by atoms with Gasteiger partial charge in [-0.1, -0.05) is 162 Å². The fourth-order valence-corrected chi connectivity index (χ4v) is 2.94. The number of hydrogen-bond acceptors (Lipinski definition) is 0. The first kappa shape index (κ1) is 54.9. The summed E-state index contributed by atoms with van der Waals surface area (Å²) in [6, 6.07) is 10.5. The zero-order chi connectivity index (χ0) is 34.4. The van der Waals surface area contributed by atoms with Gasteiger partial charge in [-0.25, -0.2) is 12.8 Å². The Morgan fingerprint density at radius 1 is 0.535 bits per heavy atom. The third kappa shape index (κ3) is 65.2. The number of unbranched alkanes of at least 4 members (excludes halogenated alkanes) is 1. The average molecular weight is 771 g/mol. The van der Waals surface area contributed by atoms with Crippen LogP contribution in [0.25, 0.3) is 0 Å². The SMILES string of the molecule is CC(C)C.CC(C)C.CC(C)C.CC(C)C#CC(C)C.CC(C)C1CC1C(C)C.CC(C)c1ccccc1.[CH2-]CC[CH2-].[W+2]. The molecule has 0 aliphatic heterocycles. The molecule has 43 heavy (non-hydrogen) atoms. The third-order valence-corrected chi connectivity index (χ3v) is 4.98. The van der Waals surface area contributed by atoms with E-state index in [-0.39, 0.29) is 21.1 Å². The normalized spacial score (nSPS) is 14.2. The van der Waals surface area contributed by atoms with E-state index in [2.05, 4.69) is 182 Å². The molecule has 1 aliphatic carbocycles. The van der Waals surface area contributed by atoms with E-state index in [0.29, 0.717) is 17.8 Å². The molecule has 1 fully saturated rings. The van der Waals surface area contributed by atoms with Crippen molar-refractivity contribution in [2.24, 2.45) is 53.3 Å². The predicted molar refractivity (Wildman–Crippen MR) is 201 cm³/mol. The molecule has 1 saturated carbocycles. The van der Waals surface area contributed by atoms with Gasteiger partial charge in [-0.05, 0) is 59.3 Å². The molecule has 256 valence electrons. The van der Waals surface area contributed by atoms with Crippen LogP contribution in [0, 0.1) is 78.9 Å². The molecule has 0 radical (unpaired) electrons. The fourth-order valence-electron chi connectivity index (χ4n) is 2.94. The molecule has 0 aromatic heterocycles. The molecule has 2 atom stereocenters. The van der Waals surface area contributed by atoms with Crippen LogP contribution in [-0.4, -0.2) is 0 Å². The van der Waals surface area contributed by atoms with Crippen molar-refractivity contribution in [3.63, 3.8) is 0 Å². The van der Waals surface area contributed by atoms with E-state index in [1.807, 2.05) is 6.07 Å². The van der Waals surface area contributed by atoms with E-state index >= 15 is 0 Å². The Morgan fingerprint density at radius 2 is 0.791 bits per heavy atom. The fraction of sp³-hybridized carbons (Fsp3) is 0.762. The quantitative estimate of drug-likeness (QED) is 0.211. The van der Waals surface area contributed by atoms with Gasteiger partial charge >= 0.3 is 21.1 Å². The van der Waals surface area contributed by atoms with E-state index in [1.54, 1.807) is 0 Å². The maximum Gasteiger partial charge on any atom is 2.00 e. The average Bonchev–Trinajstić information content (AvgIpc) is 3.65. The first-order valence-corrected chi connectivity index (χ1v) is 17.3. The second kappa shape index (κ2) is 37.7. The number of hydrogen-bond donors (Lipinski definition) is 0. The summed E-state index contributed by atoms with van der Waals surface area (Å²) in [5.41, 5.74) is 1.41. The summed E-state index contributed by atoms with van der Waals surface area (Å²) < 4.78 is 0. The second-order valence-electron chi connectivity index (χ2n) is 15.1. The Kier molecular flexibility index (Phi) is 48.1. The van der Waals surface area contributed by atoms with Gasteiger partial charge in [0.2, 0.25) is 0 Å². The summed E-state index contributed by atoms with van der Waals surface area (Å²) in [5, 5.41) is 0. The molecule has 1 aliphatic rings. The topological polar surface area (TPSA) is 0 Å². The minimum atomic E-state index is 0. The second-order valence-corrected chi connectivity index (χ2v) is 15.1. The zero-order valence-corrected chi connectivity index (χ0v) is 36.0. The van der Waals surface area contributed by atoms with Gasteiger partial charge in [-0.2, -0.15) is 0 Å². The summed E-state index contributed by atoms with van der Waals surface area (Å²) in [4.78, 5) is 0. The summed E-state index contributed by atoms with van der Waals surface area (Å²) in [6.07, 6.45) is 3.41. The Bertz CT molecular complexity index is 619. The molecule has 0 amide bonds. The molecule has 0 N–H and O–H groups in total. The van der Waals surface area contributed by atoms with Crippen LogP contribution in [0.1, 0.15) is 162 Å². The van der Waals surface area contributed by atoms with Crippen LogP contribution in [0.5, 0.6) is 0 Å². The minimum absolute atomic E-state index is 0. The van der Waals surface area contributed by atoms with Crippen molar-refractivity contribution >= 4 is 0 Å². The van der Waals surface area contributed by atoms with Crippen LogP contribution >= 0.6 is 0 Å². The van der Waals surface area contributed by atoms with Crippen molar-refractivity contribution in [2.45, 2.75) is 157 Å². The molecule has 0 spiro atoms. The molecule has 1 aromatic rings. The van der Waals surface area contributed by atoms with E-state index in [9.17, 15) is 0 Å². The number of benzene rings is 1. The predicted octanol–water partition coefficient (Wildman–Crippen LogP) is 14.5. The Balaban J connectivity index is -0.0000000959.